The SMILES string of the molecule is CCCn1cc(CNCc2cn(CC)nc2C)cn1. The fourth-order valence-corrected chi connectivity index (χ4v) is 2.09. The second-order valence-corrected chi connectivity index (χ2v) is 4.81. The predicted octanol–water partition coefficient (Wildman–Crippen LogP) is 2.11. The number of nitrogens with zero attached hydrogens (tertiary/aromatic N) is 4. The Bertz CT molecular complexity index is 512. The lowest BCUT2D eigenvalue weighted by Crippen LogP contribution is -2.12. The number of hydrogen-bond donors (Lipinski definition) is 1. The quantitative estimate of drug-likeness (QED) is 0.830. The number of rotatable bonds is 7. The van der Waals surface area contributed by atoms with E-state index in [2.05, 4.69) is 48.7 Å². The molecule has 5 nitrogen and oxygen atoms in total. The third-order valence-electron chi connectivity index (χ3n) is 3.16. The second kappa shape index (κ2) is 6.52. The van der Waals surface area contributed by atoms with E-state index in [0.29, 0.717) is 0 Å². The highest BCUT2D eigenvalue weighted by molar-refractivity contribution is 5.15. The minimum atomic E-state index is 0.848. The van der Waals surface area contributed by atoms with Crippen LogP contribution in [0.15, 0.2) is 18.6 Å². The molecular formula is C14H23N5. The number of hydrogen-bond acceptors (Lipinski definition) is 3. The van der Waals surface area contributed by atoms with Crippen LogP contribution >= 0.6 is 0 Å². The average molecular weight is 261 g/mol. The summed E-state index contributed by atoms with van der Waals surface area (Å²) in [7, 11) is 0. The Hall–Kier alpha value is -1.62. The third kappa shape index (κ3) is 3.67. The van der Waals surface area contributed by atoms with Crippen LogP contribution in [0.2, 0.25) is 0 Å². The molecule has 0 aliphatic rings. The highest BCUT2D eigenvalue weighted by atomic mass is 15.3. The lowest BCUT2D eigenvalue weighted by atomic mass is 10.2. The molecule has 0 unspecified atom stereocenters. The zero-order chi connectivity index (χ0) is 13.7. The van der Waals surface area contributed by atoms with Crippen molar-refractivity contribution in [1.29, 1.82) is 0 Å². The molecule has 2 rings (SSSR count). The minimum absolute atomic E-state index is 0.848. The summed E-state index contributed by atoms with van der Waals surface area (Å²) in [6, 6.07) is 0. The fraction of sp³-hybridized carbons (Fsp3) is 0.571. The highest BCUT2D eigenvalue weighted by Gasteiger charge is 2.04. The number of aryl methyl sites for hydroxylation is 3. The molecule has 0 aliphatic heterocycles. The maximum absolute atomic E-state index is 4.44. The van der Waals surface area contributed by atoms with Gasteiger partial charge >= 0.3 is 0 Å². The van der Waals surface area contributed by atoms with Gasteiger partial charge < -0.3 is 5.32 Å². The Morgan fingerprint density at radius 1 is 1.16 bits per heavy atom. The first-order valence-electron chi connectivity index (χ1n) is 6.98. The summed E-state index contributed by atoms with van der Waals surface area (Å²) in [6.45, 7) is 9.93. The van der Waals surface area contributed by atoms with Crippen LogP contribution < -0.4 is 5.32 Å². The molecule has 0 atom stereocenters. The van der Waals surface area contributed by atoms with Crippen LogP contribution in [0.25, 0.3) is 0 Å². The maximum Gasteiger partial charge on any atom is 0.0638 e. The summed E-state index contributed by atoms with van der Waals surface area (Å²) in [5, 5.41) is 12.2. The van der Waals surface area contributed by atoms with Gasteiger partial charge in [0.25, 0.3) is 0 Å². The molecule has 0 saturated carbocycles. The van der Waals surface area contributed by atoms with Crippen LogP contribution in [0.4, 0.5) is 0 Å². The molecule has 0 fully saturated rings. The van der Waals surface area contributed by atoms with Crippen LogP contribution in [-0.2, 0) is 26.2 Å². The zero-order valence-electron chi connectivity index (χ0n) is 12.1. The van der Waals surface area contributed by atoms with Crippen molar-refractivity contribution in [1.82, 2.24) is 24.9 Å². The molecule has 0 radical (unpaired) electrons. The monoisotopic (exact) mass is 261 g/mol. The molecule has 5 heteroatoms. The van der Waals surface area contributed by atoms with E-state index in [1.54, 1.807) is 0 Å². The van der Waals surface area contributed by atoms with Crippen molar-refractivity contribution in [3.8, 4) is 0 Å². The summed E-state index contributed by atoms with van der Waals surface area (Å²) in [4.78, 5) is 0. The lowest BCUT2D eigenvalue weighted by Gasteiger charge is -2.01. The molecule has 2 aromatic rings. The largest absolute Gasteiger partial charge is 0.308 e. The van der Waals surface area contributed by atoms with Crippen molar-refractivity contribution in [2.75, 3.05) is 0 Å². The van der Waals surface area contributed by atoms with E-state index in [4.69, 9.17) is 0 Å². The molecule has 2 heterocycles. The molecule has 0 amide bonds. The van der Waals surface area contributed by atoms with Gasteiger partial charge in [0.05, 0.1) is 11.9 Å². The maximum atomic E-state index is 4.44. The van der Waals surface area contributed by atoms with E-state index < -0.39 is 0 Å². The summed E-state index contributed by atoms with van der Waals surface area (Å²) < 4.78 is 3.98. The third-order valence-corrected chi connectivity index (χ3v) is 3.16. The van der Waals surface area contributed by atoms with Crippen molar-refractivity contribution >= 4 is 0 Å². The van der Waals surface area contributed by atoms with E-state index in [0.717, 1.165) is 38.3 Å². The smallest absolute Gasteiger partial charge is 0.0638 e. The summed E-state index contributed by atoms with van der Waals surface area (Å²) in [6.07, 6.45) is 7.27. The van der Waals surface area contributed by atoms with Gasteiger partial charge in [-0.3, -0.25) is 9.36 Å². The first-order chi connectivity index (χ1) is 9.22. The molecule has 0 saturated heterocycles. The van der Waals surface area contributed by atoms with Gasteiger partial charge in [-0.25, -0.2) is 0 Å². The van der Waals surface area contributed by atoms with Gasteiger partial charge in [0.2, 0.25) is 0 Å². The van der Waals surface area contributed by atoms with E-state index in [1.165, 1.54) is 11.1 Å². The zero-order valence-corrected chi connectivity index (χ0v) is 12.1. The van der Waals surface area contributed by atoms with E-state index in [1.807, 2.05) is 15.6 Å². The van der Waals surface area contributed by atoms with Crippen molar-refractivity contribution in [2.24, 2.45) is 0 Å². The van der Waals surface area contributed by atoms with Gasteiger partial charge in [0.15, 0.2) is 0 Å². The summed E-state index contributed by atoms with van der Waals surface area (Å²) in [5.41, 5.74) is 3.60. The fourth-order valence-electron chi connectivity index (χ4n) is 2.09. The van der Waals surface area contributed by atoms with Crippen LogP contribution in [0.3, 0.4) is 0 Å². The van der Waals surface area contributed by atoms with E-state index in [-0.39, 0.29) is 0 Å². The Morgan fingerprint density at radius 3 is 2.68 bits per heavy atom. The number of nitrogens with one attached hydrogen (secondary N) is 1. The number of aromatic nitrogens is 4. The standard InChI is InChI=1S/C14H23N5/c1-4-6-19-10-13(8-16-19)7-15-9-14-11-18(5-2)17-12(14)3/h8,10-11,15H,4-7,9H2,1-3H3. The van der Waals surface area contributed by atoms with Crippen molar-refractivity contribution in [2.45, 2.75) is 53.4 Å². The summed E-state index contributed by atoms with van der Waals surface area (Å²) in [5.74, 6) is 0. The molecule has 0 aromatic carbocycles. The van der Waals surface area contributed by atoms with Crippen molar-refractivity contribution in [3.63, 3.8) is 0 Å². The first-order valence-corrected chi connectivity index (χ1v) is 6.98. The molecule has 0 bridgehead atoms. The minimum Gasteiger partial charge on any atom is -0.308 e. The molecule has 2 aromatic heterocycles. The van der Waals surface area contributed by atoms with Crippen LogP contribution in [0, 0.1) is 6.92 Å². The predicted molar refractivity (Wildman–Crippen MR) is 75.7 cm³/mol. The van der Waals surface area contributed by atoms with Gasteiger partial charge in [-0.15, -0.1) is 0 Å². The van der Waals surface area contributed by atoms with Gasteiger partial charge in [-0.05, 0) is 20.3 Å². The van der Waals surface area contributed by atoms with Gasteiger partial charge in [0, 0.05) is 49.7 Å². The lowest BCUT2D eigenvalue weighted by molar-refractivity contribution is 0.601. The molecule has 0 spiro atoms. The summed E-state index contributed by atoms with van der Waals surface area (Å²) >= 11 is 0. The van der Waals surface area contributed by atoms with Crippen molar-refractivity contribution < 1.29 is 0 Å². The van der Waals surface area contributed by atoms with E-state index >= 15 is 0 Å². The van der Waals surface area contributed by atoms with Crippen molar-refractivity contribution in [3.05, 3.63) is 35.4 Å². The Kier molecular flexibility index (Phi) is 4.74. The van der Waals surface area contributed by atoms with Crippen LogP contribution in [-0.4, -0.2) is 19.6 Å². The second-order valence-electron chi connectivity index (χ2n) is 4.81. The average Bonchev–Trinajstić information content (AvgIpc) is 2.98. The molecule has 104 valence electrons. The molecule has 19 heavy (non-hydrogen) atoms. The van der Waals surface area contributed by atoms with E-state index in [9.17, 15) is 0 Å². The van der Waals surface area contributed by atoms with Crippen LogP contribution in [0.1, 0.15) is 37.1 Å². The molecular weight excluding hydrogens is 238 g/mol. The van der Waals surface area contributed by atoms with Gasteiger partial charge in [-0.2, -0.15) is 10.2 Å². The highest BCUT2D eigenvalue weighted by Crippen LogP contribution is 2.06. The Labute approximate surface area is 114 Å². The normalized spacial score (nSPS) is 11.1. The Balaban J connectivity index is 1.83. The van der Waals surface area contributed by atoms with Gasteiger partial charge in [0.1, 0.15) is 0 Å². The van der Waals surface area contributed by atoms with Gasteiger partial charge in [-0.1, -0.05) is 6.92 Å². The molecule has 1 N–H and O–H groups in total. The Morgan fingerprint density at radius 2 is 2.00 bits per heavy atom. The topological polar surface area (TPSA) is 47.7 Å². The van der Waals surface area contributed by atoms with Crippen LogP contribution in [0.5, 0.6) is 0 Å². The molecule has 0 aliphatic carbocycles. The first kappa shape index (κ1) is 13.8.